The molecule has 0 saturated carbocycles. The molecule has 1 fully saturated rings. The highest BCUT2D eigenvalue weighted by atomic mass is 19.3. The summed E-state index contributed by atoms with van der Waals surface area (Å²) < 4.78 is 35.0. The second kappa shape index (κ2) is 6.36. The van der Waals surface area contributed by atoms with Crippen LogP contribution in [0.15, 0.2) is 59.5 Å². The Kier molecular flexibility index (Phi) is 4.02. The maximum absolute atomic E-state index is 14.1. The van der Waals surface area contributed by atoms with E-state index in [1.165, 1.54) is 18.7 Å². The van der Waals surface area contributed by atoms with Crippen LogP contribution in [0.3, 0.4) is 0 Å². The lowest BCUT2D eigenvalue weighted by Gasteiger charge is -2.22. The molecule has 3 heterocycles. The Morgan fingerprint density at radius 3 is 2.77 bits per heavy atom. The maximum atomic E-state index is 14.1. The van der Waals surface area contributed by atoms with Crippen LogP contribution in [0.1, 0.15) is 34.4 Å². The molecule has 8 heteroatoms. The van der Waals surface area contributed by atoms with E-state index in [-0.39, 0.29) is 5.76 Å². The number of aromatic nitrogens is 3. The van der Waals surface area contributed by atoms with Crippen molar-refractivity contribution >= 4 is 5.91 Å². The first-order valence-electron chi connectivity index (χ1n) is 8.17. The second-order valence-corrected chi connectivity index (χ2v) is 6.29. The van der Waals surface area contributed by atoms with Crippen LogP contribution in [0.2, 0.25) is 0 Å². The Balaban J connectivity index is 1.65. The van der Waals surface area contributed by atoms with Gasteiger partial charge in [-0.2, -0.15) is 0 Å². The predicted molar refractivity (Wildman–Crippen MR) is 87.6 cm³/mol. The fourth-order valence-electron chi connectivity index (χ4n) is 3.23. The van der Waals surface area contributed by atoms with Gasteiger partial charge in [0.15, 0.2) is 11.6 Å². The summed E-state index contributed by atoms with van der Waals surface area (Å²) >= 11 is 0. The summed E-state index contributed by atoms with van der Waals surface area (Å²) in [6.45, 7) is -0.233. The van der Waals surface area contributed by atoms with Crippen molar-refractivity contribution in [3.05, 3.63) is 72.2 Å². The summed E-state index contributed by atoms with van der Waals surface area (Å²) in [4.78, 5) is 13.7. The van der Waals surface area contributed by atoms with Gasteiger partial charge in [-0.25, -0.2) is 8.78 Å². The van der Waals surface area contributed by atoms with E-state index in [1.54, 1.807) is 10.6 Å². The fraction of sp³-hybridized carbons (Fsp3) is 0.278. The van der Waals surface area contributed by atoms with Crippen molar-refractivity contribution in [3.63, 3.8) is 0 Å². The van der Waals surface area contributed by atoms with E-state index in [9.17, 15) is 13.6 Å². The van der Waals surface area contributed by atoms with Gasteiger partial charge in [-0.15, -0.1) is 10.2 Å². The van der Waals surface area contributed by atoms with Crippen LogP contribution in [0.25, 0.3) is 0 Å². The van der Waals surface area contributed by atoms with Crippen LogP contribution in [-0.2, 0) is 6.54 Å². The molecule has 1 aromatic carbocycles. The number of nitrogens with zero attached hydrogens (tertiary/aromatic N) is 4. The molecule has 26 heavy (non-hydrogen) atoms. The topological polar surface area (TPSA) is 64.2 Å². The molecule has 3 aromatic rings. The van der Waals surface area contributed by atoms with Crippen molar-refractivity contribution in [3.8, 4) is 0 Å². The highest BCUT2D eigenvalue weighted by Gasteiger charge is 2.49. The molecule has 0 bridgehead atoms. The number of halogens is 2. The van der Waals surface area contributed by atoms with E-state index in [0.29, 0.717) is 12.4 Å². The molecule has 1 aliphatic heterocycles. The van der Waals surface area contributed by atoms with Crippen molar-refractivity contribution in [2.24, 2.45) is 0 Å². The van der Waals surface area contributed by atoms with Crippen LogP contribution in [0.5, 0.6) is 0 Å². The molecule has 1 saturated heterocycles. The summed E-state index contributed by atoms with van der Waals surface area (Å²) in [6.07, 6.45) is 2.34. The molecule has 1 aliphatic rings. The molecular weight excluding hydrogens is 342 g/mol. The number of alkyl halides is 2. The van der Waals surface area contributed by atoms with E-state index in [0.717, 1.165) is 10.5 Å². The molecule has 0 N–H and O–H groups in total. The minimum absolute atomic E-state index is 0.0295. The summed E-state index contributed by atoms with van der Waals surface area (Å²) in [7, 11) is 0. The van der Waals surface area contributed by atoms with Crippen molar-refractivity contribution in [1.29, 1.82) is 0 Å². The summed E-state index contributed by atoms with van der Waals surface area (Å²) in [6, 6.07) is 11.7. The van der Waals surface area contributed by atoms with Gasteiger partial charge in [-0.1, -0.05) is 30.3 Å². The van der Waals surface area contributed by atoms with E-state index in [4.69, 9.17) is 4.42 Å². The first-order valence-corrected chi connectivity index (χ1v) is 8.17. The van der Waals surface area contributed by atoms with E-state index < -0.39 is 30.8 Å². The number of hydrogen-bond donors (Lipinski definition) is 0. The number of carbonyl (C=O) groups is 1. The number of amides is 1. The highest BCUT2D eigenvalue weighted by Crippen LogP contribution is 2.41. The van der Waals surface area contributed by atoms with E-state index in [2.05, 4.69) is 10.2 Å². The molecular formula is C18H16F2N4O2. The van der Waals surface area contributed by atoms with Crippen molar-refractivity contribution in [1.82, 2.24) is 19.7 Å². The summed E-state index contributed by atoms with van der Waals surface area (Å²) in [5.41, 5.74) is 0.988. The normalized spacial score (nSPS) is 19.0. The zero-order valence-corrected chi connectivity index (χ0v) is 13.8. The summed E-state index contributed by atoms with van der Waals surface area (Å²) in [5, 5.41) is 7.90. The Morgan fingerprint density at radius 1 is 1.23 bits per heavy atom. The number of furan rings is 1. The fourth-order valence-corrected chi connectivity index (χ4v) is 3.23. The summed E-state index contributed by atoms with van der Waals surface area (Å²) in [5.74, 6) is -3.20. The largest absolute Gasteiger partial charge is 0.459 e. The standard InChI is InChI=1S/C18H16F2N4O2/c19-18(20)9-14(24(11-18)17(25)15-7-4-8-26-15)16-22-21-12-23(16)10-13-5-2-1-3-6-13/h1-8,12,14H,9-11H2/t14-/m0/s1. The lowest BCUT2D eigenvalue weighted by Crippen LogP contribution is -2.33. The molecule has 0 unspecified atom stereocenters. The van der Waals surface area contributed by atoms with Crippen molar-refractivity contribution < 1.29 is 18.0 Å². The monoisotopic (exact) mass is 358 g/mol. The van der Waals surface area contributed by atoms with Crippen LogP contribution >= 0.6 is 0 Å². The molecule has 2 aromatic heterocycles. The SMILES string of the molecule is O=C(c1ccco1)N1CC(F)(F)C[C@H]1c1nncn1Cc1ccccc1. The quantitative estimate of drug-likeness (QED) is 0.719. The van der Waals surface area contributed by atoms with Gasteiger partial charge in [-0.05, 0) is 17.7 Å². The van der Waals surface area contributed by atoms with Gasteiger partial charge in [0.05, 0.1) is 25.4 Å². The van der Waals surface area contributed by atoms with Gasteiger partial charge in [-0.3, -0.25) is 4.79 Å². The first-order chi connectivity index (χ1) is 12.5. The average molecular weight is 358 g/mol. The lowest BCUT2D eigenvalue weighted by atomic mass is 10.1. The Hall–Kier alpha value is -3.03. The minimum Gasteiger partial charge on any atom is -0.459 e. The zero-order chi connectivity index (χ0) is 18.1. The highest BCUT2D eigenvalue weighted by molar-refractivity contribution is 5.92. The number of likely N-dealkylation sites (tertiary alicyclic amines) is 1. The molecule has 1 atom stereocenters. The molecule has 1 amide bonds. The van der Waals surface area contributed by atoms with Crippen LogP contribution in [-0.4, -0.2) is 38.0 Å². The van der Waals surface area contributed by atoms with Gasteiger partial charge in [0.25, 0.3) is 11.8 Å². The van der Waals surface area contributed by atoms with Crippen LogP contribution in [0, 0.1) is 0 Å². The maximum Gasteiger partial charge on any atom is 0.290 e. The van der Waals surface area contributed by atoms with Gasteiger partial charge in [0.1, 0.15) is 6.33 Å². The van der Waals surface area contributed by atoms with Gasteiger partial charge in [0, 0.05) is 6.42 Å². The second-order valence-electron chi connectivity index (χ2n) is 6.29. The van der Waals surface area contributed by atoms with Crippen LogP contribution < -0.4 is 0 Å². The minimum atomic E-state index is -2.99. The number of benzene rings is 1. The third kappa shape index (κ3) is 3.10. The Bertz CT molecular complexity index is 893. The smallest absolute Gasteiger partial charge is 0.290 e. The van der Waals surface area contributed by atoms with Crippen LogP contribution in [0.4, 0.5) is 8.78 Å². The predicted octanol–water partition coefficient (Wildman–Crippen LogP) is 3.14. The van der Waals surface area contributed by atoms with E-state index >= 15 is 0 Å². The number of rotatable bonds is 4. The van der Waals surface area contributed by atoms with Gasteiger partial charge >= 0.3 is 0 Å². The molecule has 134 valence electrons. The van der Waals surface area contributed by atoms with Gasteiger partial charge < -0.3 is 13.9 Å². The Morgan fingerprint density at radius 2 is 2.04 bits per heavy atom. The van der Waals surface area contributed by atoms with Crippen molar-refractivity contribution in [2.75, 3.05) is 6.54 Å². The lowest BCUT2D eigenvalue weighted by molar-refractivity contribution is 0.0114. The molecule has 4 rings (SSSR count). The molecule has 0 spiro atoms. The van der Waals surface area contributed by atoms with Gasteiger partial charge in [0.2, 0.25) is 0 Å². The first kappa shape index (κ1) is 16.4. The molecule has 6 nitrogen and oxygen atoms in total. The number of carbonyl (C=O) groups excluding carboxylic acids is 1. The Labute approximate surface area is 148 Å². The molecule has 0 aliphatic carbocycles. The number of hydrogen-bond acceptors (Lipinski definition) is 4. The zero-order valence-electron chi connectivity index (χ0n) is 13.8. The van der Waals surface area contributed by atoms with E-state index in [1.807, 2.05) is 30.3 Å². The average Bonchev–Trinajstić information content (AvgIpc) is 3.35. The molecule has 0 radical (unpaired) electrons. The third-order valence-electron chi connectivity index (χ3n) is 4.40. The third-order valence-corrected chi connectivity index (χ3v) is 4.40. The van der Waals surface area contributed by atoms with Crippen molar-refractivity contribution in [2.45, 2.75) is 24.9 Å².